The minimum Gasteiger partial charge on any atom is -0.469 e. The van der Waals surface area contributed by atoms with Gasteiger partial charge in [0.1, 0.15) is 5.76 Å². The SMILES string of the molecule is CCNC(=O)CNCCc1ccco1. The monoisotopic (exact) mass is 196 g/mol. The van der Waals surface area contributed by atoms with Crippen LogP contribution in [0.2, 0.25) is 0 Å². The van der Waals surface area contributed by atoms with Gasteiger partial charge >= 0.3 is 0 Å². The fraction of sp³-hybridized carbons (Fsp3) is 0.500. The molecule has 0 saturated carbocycles. The zero-order valence-electron chi connectivity index (χ0n) is 8.38. The van der Waals surface area contributed by atoms with Crippen molar-refractivity contribution >= 4 is 5.91 Å². The van der Waals surface area contributed by atoms with Gasteiger partial charge in [0, 0.05) is 19.5 Å². The van der Waals surface area contributed by atoms with Crippen LogP contribution in [0.4, 0.5) is 0 Å². The minimum atomic E-state index is 0.0342. The molecule has 0 saturated heterocycles. The highest BCUT2D eigenvalue weighted by atomic mass is 16.3. The Balaban J connectivity index is 2.02. The molecule has 1 rings (SSSR count). The quantitative estimate of drug-likeness (QED) is 0.653. The van der Waals surface area contributed by atoms with Crippen LogP contribution in [-0.2, 0) is 11.2 Å². The van der Waals surface area contributed by atoms with Gasteiger partial charge in [0.15, 0.2) is 0 Å². The summed E-state index contributed by atoms with van der Waals surface area (Å²) in [5.74, 6) is 0.973. The molecule has 0 aliphatic heterocycles. The highest BCUT2D eigenvalue weighted by Gasteiger charge is 1.98. The highest BCUT2D eigenvalue weighted by molar-refractivity contribution is 5.77. The number of carbonyl (C=O) groups excluding carboxylic acids is 1. The first kappa shape index (κ1) is 10.8. The van der Waals surface area contributed by atoms with Crippen LogP contribution in [-0.4, -0.2) is 25.5 Å². The summed E-state index contributed by atoms with van der Waals surface area (Å²) in [6, 6.07) is 3.78. The van der Waals surface area contributed by atoms with E-state index in [1.807, 2.05) is 19.1 Å². The van der Waals surface area contributed by atoms with Crippen LogP contribution < -0.4 is 10.6 Å². The highest BCUT2D eigenvalue weighted by Crippen LogP contribution is 1.98. The smallest absolute Gasteiger partial charge is 0.233 e. The minimum absolute atomic E-state index is 0.0342. The van der Waals surface area contributed by atoms with Gasteiger partial charge < -0.3 is 15.1 Å². The largest absolute Gasteiger partial charge is 0.469 e. The number of furan rings is 1. The summed E-state index contributed by atoms with van der Waals surface area (Å²) in [7, 11) is 0. The van der Waals surface area contributed by atoms with Crippen LogP contribution in [0.15, 0.2) is 22.8 Å². The molecule has 0 aliphatic carbocycles. The number of likely N-dealkylation sites (N-methyl/N-ethyl adjacent to an activating group) is 1. The molecule has 0 radical (unpaired) electrons. The first-order chi connectivity index (χ1) is 6.83. The number of rotatable bonds is 6. The maximum atomic E-state index is 11.0. The first-order valence-electron chi connectivity index (χ1n) is 4.82. The molecular formula is C10H16N2O2. The normalized spacial score (nSPS) is 10.1. The Morgan fingerprint density at radius 2 is 2.43 bits per heavy atom. The number of amides is 1. The van der Waals surface area contributed by atoms with E-state index in [1.54, 1.807) is 6.26 Å². The Hall–Kier alpha value is -1.29. The first-order valence-corrected chi connectivity index (χ1v) is 4.82. The molecule has 1 heterocycles. The van der Waals surface area contributed by atoms with E-state index in [0.717, 1.165) is 18.7 Å². The molecule has 0 aromatic carbocycles. The van der Waals surface area contributed by atoms with Crippen molar-refractivity contribution in [1.82, 2.24) is 10.6 Å². The van der Waals surface area contributed by atoms with Gasteiger partial charge in [-0.2, -0.15) is 0 Å². The summed E-state index contributed by atoms with van der Waals surface area (Å²) in [4.78, 5) is 11.0. The van der Waals surface area contributed by atoms with E-state index in [0.29, 0.717) is 13.1 Å². The molecule has 4 nitrogen and oxygen atoms in total. The molecule has 0 fully saturated rings. The molecule has 0 atom stereocenters. The molecule has 1 amide bonds. The average Bonchev–Trinajstić information content (AvgIpc) is 2.65. The van der Waals surface area contributed by atoms with E-state index in [1.165, 1.54) is 0 Å². The Kier molecular flexibility index (Phi) is 4.78. The fourth-order valence-corrected chi connectivity index (χ4v) is 1.13. The van der Waals surface area contributed by atoms with Crippen LogP contribution >= 0.6 is 0 Å². The predicted octanol–water partition coefficient (Wildman–Crippen LogP) is 0.548. The van der Waals surface area contributed by atoms with Crippen molar-refractivity contribution in [2.45, 2.75) is 13.3 Å². The van der Waals surface area contributed by atoms with Gasteiger partial charge in [-0.05, 0) is 19.1 Å². The van der Waals surface area contributed by atoms with Gasteiger partial charge in [-0.15, -0.1) is 0 Å². The standard InChI is InChI=1S/C10H16N2O2/c1-2-12-10(13)8-11-6-5-9-4-3-7-14-9/h3-4,7,11H,2,5-6,8H2,1H3,(H,12,13). The molecule has 14 heavy (non-hydrogen) atoms. The predicted molar refractivity (Wildman–Crippen MR) is 54.0 cm³/mol. The second-order valence-corrected chi connectivity index (χ2v) is 2.96. The molecule has 78 valence electrons. The Morgan fingerprint density at radius 3 is 3.07 bits per heavy atom. The van der Waals surface area contributed by atoms with Crippen molar-refractivity contribution in [3.05, 3.63) is 24.2 Å². The van der Waals surface area contributed by atoms with E-state index in [2.05, 4.69) is 10.6 Å². The van der Waals surface area contributed by atoms with Crippen molar-refractivity contribution in [2.24, 2.45) is 0 Å². The lowest BCUT2D eigenvalue weighted by molar-refractivity contribution is -0.120. The van der Waals surface area contributed by atoms with Crippen LogP contribution in [0.25, 0.3) is 0 Å². The summed E-state index contributed by atoms with van der Waals surface area (Å²) in [6.45, 7) is 3.71. The van der Waals surface area contributed by atoms with Gasteiger partial charge in [0.05, 0.1) is 12.8 Å². The van der Waals surface area contributed by atoms with E-state index >= 15 is 0 Å². The van der Waals surface area contributed by atoms with Gasteiger partial charge in [0.25, 0.3) is 0 Å². The maximum Gasteiger partial charge on any atom is 0.233 e. The van der Waals surface area contributed by atoms with Crippen LogP contribution in [0.1, 0.15) is 12.7 Å². The summed E-state index contributed by atoms with van der Waals surface area (Å²) >= 11 is 0. The van der Waals surface area contributed by atoms with Crippen molar-refractivity contribution in [2.75, 3.05) is 19.6 Å². The molecule has 2 N–H and O–H groups in total. The van der Waals surface area contributed by atoms with Gasteiger partial charge in [-0.25, -0.2) is 0 Å². The Bertz CT molecular complexity index is 257. The number of hydrogen-bond acceptors (Lipinski definition) is 3. The van der Waals surface area contributed by atoms with Crippen molar-refractivity contribution in [1.29, 1.82) is 0 Å². The molecule has 4 heteroatoms. The fourth-order valence-electron chi connectivity index (χ4n) is 1.13. The summed E-state index contributed by atoms with van der Waals surface area (Å²) in [5, 5.41) is 5.75. The Morgan fingerprint density at radius 1 is 1.57 bits per heavy atom. The Labute approximate surface area is 83.7 Å². The van der Waals surface area contributed by atoms with Crippen LogP contribution in [0, 0.1) is 0 Å². The topological polar surface area (TPSA) is 54.3 Å². The molecule has 1 aromatic heterocycles. The second kappa shape index (κ2) is 6.21. The molecule has 0 unspecified atom stereocenters. The molecule has 0 aliphatic rings. The van der Waals surface area contributed by atoms with Crippen molar-refractivity contribution in [3.8, 4) is 0 Å². The third-order valence-corrected chi connectivity index (χ3v) is 1.79. The summed E-state index contributed by atoms with van der Waals surface area (Å²) in [6.07, 6.45) is 2.46. The third kappa shape index (κ3) is 4.09. The zero-order chi connectivity index (χ0) is 10.2. The van der Waals surface area contributed by atoms with E-state index < -0.39 is 0 Å². The number of hydrogen-bond donors (Lipinski definition) is 2. The van der Waals surface area contributed by atoms with Crippen molar-refractivity contribution < 1.29 is 9.21 Å². The summed E-state index contributed by atoms with van der Waals surface area (Å²) in [5.41, 5.74) is 0. The van der Waals surface area contributed by atoms with Crippen LogP contribution in [0.5, 0.6) is 0 Å². The van der Waals surface area contributed by atoms with Gasteiger partial charge in [-0.1, -0.05) is 0 Å². The lowest BCUT2D eigenvalue weighted by Gasteiger charge is -2.03. The average molecular weight is 196 g/mol. The lowest BCUT2D eigenvalue weighted by Crippen LogP contribution is -2.34. The van der Waals surface area contributed by atoms with E-state index in [9.17, 15) is 4.79 Å². The van der Waals surface area contributed by atoms with Gasteiger partial charge in [-0.3, -0.25) is 4.79 Å². The zero-order valence-corrected chi connectivity index (χ0v) is 8.38. The molecule has 1 aromatic rings. The second-order valence-electron chi connectivity index (χ2n) is 2.96. The van der Waals surface area contributed by atoms with Gasteiger partial charge in [0.2, 0.25) is 5.91 Å². The third-order valence-electron chi connectivity index (χ3n) is 1.79. The summed E-state index contributed by atoms with van der Waals surface area (Å²) < 4.78 is 5.15. The molecule has 0 spiro atoms. The molecule has 0 bridgehead atoms. The maximum absolute atomic E-state index is 11.0. The molecular weight excluding hydrogens is 180 g/mol. The van der Waals surface area contributed by atoms with Crippen LogP contribution in [0.3, 0.4) is 0 Å². The van der Waals surface area contributed by atoms with Crippen molar-refractivity contribution in [3.63, 3.8) is 0 Å². The number of nitrogens with one attached hydrogen (secondary N) is 2. The lowest BCUT2D eigenvalue weighted by atomic mass is 10.3. The van der Waals surface area contributed by atoms with E-state index in [-0.39, 0.29) is 5.91 Å². The number of carbonyl (C=O) groups is 1. The van der Waals surface area contributed by atoms with E-state index in [4.69, 9.17) is 4.42 Å².